The molecule has 42 heavy (non-hydrogen) atoms. The highest BCUT2D eigenvalue weighted by molar-refractivity contribution is 5.95. The summed E-state index contributed by atoms with van der Waals surface area (Å²) in [4.78, 5) is 63.9. The zero-order valence-electron chi connectivity index (χ0n) is 23.9. The summed E-state index contributed by atoms with van der Waals surface area (Å²) in [5.74, 6) is -1.27. The van der Waals surface area contributed by atoms with Gasteiger partial charge in [0, 0.05) is 18.2 Å². The fourth-order valence-electron chi connectivity index (χ4n) is 6.31. The fourth-order valence-corrected chi connectivity index (χ4v) is 6.31. The molecule has 0 spiro atoms. The Balaban J connectivity index is 1.62. The molecule has 226 valence electrons. The van der Waals surface area contributed by atoms with Gasteiger partial charge < -0.3 is 26.6 Å². The number of hydrogen-bond acceptors (Lipinski definition) is 7. The van der Waals surface area contributed by atoms with Gasteiger partial charge in [0.05, 0.1) is 6.04 Å². The van der Waals surface area contributed by atoms with Gasteiger partial charge in [0.25, 0.3) is 0 Å². The first-order valence-corrected chi connectivity index (χ1v) is 13.5. The van der Waals surface area contributed by atoms with Crippen LogP contribution >= 0.6 is 0 Å². The molecule has 4 rings (SSSR count). The zero-order chi connectivity index (χ0) is 31.4. The Morgan fingerprint density at radius 2 is 1.79 bits per heavy atom. The van der Waals surface area contributed by atoms with E-state index in [0.717, 1.165) is 5.56 Å². The Morgan fingerprint density at radius 1 is 1.14 bits per heavy atom. The first kappa shape index (κ1) is 30.9. The Hall–Kier alpha value is -4.08. The molecule has 1 aromatic rings. The summed E-state index contributed by atoms with van der Waals surface area (Å²) in [6, 6.07) is 3.35. The second-order valence-electron chi connectivity index (χ2n) is 12.8. The molecule has 0 radical (unpaired) electrons. The van der Waals surface area contributed by atoms with Crippen molar-refractivity contribution in [2.75, 3.05) is 11.9 Å². The third kappa shape index (κ3) is 5.54. The number of likely N-dealkylation sites (tertiary alicyclic amines) is 1. The van der Waals surface area contributed by atoms with E-state index < -0.39 is 53.4 Å². The van der Waals surface area contributed by atoms with Crippen LogP contribution in [-0.2, 0) is 24.0 Å². The smallest absolute Gasteiger partial charge is 0.391 e. The number of fused-ring (bicyclic) bond motifs is 2. The number of allylic oxidation sites excluding steroid dienone is 1. The van der Waals surface area contributed by atoms with Gasteiger partial charge in [-0.15, -0.1) is 0 Å². The third-order valence-electron chi connectivity index (χ3n) is 8.75. The number of carbonyl (C=O) groups is 3. The van der Waals surface area contributed by atoms with E-state index in [-0.39, 0.29) is 41.6 Å². The summed E-state index contributed by atoms with van der Waals surface area (Å²) < 4.78 is 39.3. The van der Waals surface area contributed by atoms with Crippen molar-refractivity contribution in [2.45, 2.75) is 71.3 Å². The number of anilines is 1. The van der Waals surface area contributed by atoms with E-state index >= 15 is 0 Å². The second kappa shape index (κ2) is 10.6. The monoisotopic (exact) mass is 589 g/mol. The maximum atomic E-state index is 13.9. The van der Waals surface area contributed by atoms with Crippen LogP contribution in [-0.4, -0.2) is 65.4 Å². The molecule has 1 aromatic carbocycles. The summed E-state index contributed by atoms with van der Waals surface area (Å²) in [7, 11) is 0. The molecular formula is C29H34F3N5O5. The topological polar surface area (TPSA) is 151 Å². The molecule has 1 aliphatic carbocycles. The van der Waals surface area contributed by atoms with Crippen LogP contribution in [0, 0.1) is 22.7 Å². The van der Waals surface area contributed by atoms with Crippen LogP contribution in [0.4, 0.5) is 18.9 Å². The molecule has 3 amide bonds. The van der Waals surface area contributed by atoms with E-state index in [0.29, 0.717) is 5.69 Å². The lowest BCUT2D eigenvalue weighted by Crippen LogP contribution is -2.61. The average Bonchev–Trinajstić information content (AvgIpc) is 3.23. The third-order valence-corrected chi connectivity index (χ3v) is 8.75. The number of hydrogen-bond donors (Lipinski definition) is 4. The minimum atomic E-state index is -5.20. The second-order valence-corrected chi connectivity index (χ2v) is 12.8. The minimum absolute atomic E-state index is 0.00576. The average molecular weight is 590 g/mol. The number of carbonyl (C=O) groups excluding carboxylic acids is 5. The highest BCUT2D eigenvalue weighted by atomic mass is 19.4. The lowest BCUT2D eigenvalue weighted by molar-refractivity contribution is -0.176. The van der Waals surface area contributed by atoms with Crippen molar-refractivity contribution in [3.05, 3.63) is 41.2 Å². The number of para-hydroxylation sites is 1. The van der Waals surface area contributed by atoms with Crippen LogP contribution in [0.3, 0.4) is 0 Å². The molecule has 6 atom stereocenters. The van der Waals surface area contributed by atoms with E-state index in [1.165, 1.54) is 25.7 Å². The standard InChI is InChI=1S/C29H34F3N5O5/c1-27(2,3)23(36-26(42)29(30,31)32)25(41)37-11-16-21(28(16,4)5)22(37)24(40)35-19(17(33)12-38)10-15-14-8-6-7-9-18(14)34-20(15)13-39/h6-9,15-16,19,21-23,34H,10-11,33H2,1-5H3,(H,35,40)(H,36,42)/t15?,16?,19-,21?,22?,23+/m0/s1. The molecule has 13 heteroatoms. The molecule has 2 fully saturated rings. The van der Waals surface area contributed by atoms with Gasteiger partial charge >= 0.3 is 12.1 Å². The van der Waals surface area contributed by atoms with Crippen molar-refractivity contribution in [1.29, 1.82) is 0 Å². The number of halogens is 3. The van der Waals surface area contributed by atoms with E-state index in [1.54, 1.807) is 30.2 Å². The zero-order valence-corrected chi connectivity index (χ0v) is 23.9. The molecule has 0 aromatic heterocycles. The molecule has 5 N–H and O–H groups in total. The van der Waals surface area contributed by atoms with Crippen LogP contribution < -0.4 is 21.7 Å². The van der Waals surface area contributed by atoms with Crippen molar-refractivity contribution in [2.24, 2.45) is 28.4 Å². The van der Waals surface area contributed by atoms with Gasteiger partial charge in [0.2, 0.25) is 11.8 Å². The Morgan fingerprint density at radius 3 is 2.36 bits per heavy atom. The molecule has 4 unspecified atom stereocenters. The molecule has 3 aliphatic rings. The van der Waals surface area contributed by atoms with Gasteiger partial charge in [-0.05, 0) is 40.7 Å². The van der Waals surface area contributed by atoms with Crippen molar-refractivity contribution in [3.63, 3.8) is 0 Å². The molecule has 2 heterocycles. The van der Waals surface area contributed by atoms with Gasteiger partial charge in [-0.25, -0.2) is 9.59 Å². The number of alkyl halides is 3. The lowest BCUT2D eigenvalue weighted by atomic mass is 9.85. The van der Waals surface area contributed by atoms with Crippen molar-refractivity contribution in [3.8, 4) is 0 Å². The van der Waals surface area contributed by atoms with E-state index in [9.17, 15) is 37.1 Å². The highest BCUT2D eigenvalue weighted by Crippen LogP contribution is 2.65. The largest absolute Gasteiger partial charge is 0.471 e. The molecule has 0 bridgehead atoms. The van der Waals surface area contributed by atoms with Gasteiger partial charge in [-0.1, -0.05) is 52.8 Å². The normalized spacial score (nSPS) is 25.1. The quantitative estimate of drug-likeness (QED) is 0.356. The van der Waals surface area contributed by atoms with Crippen molar-refractivity contribution in [1.82, 2.24) is 15.5 Å². The van der Waals surface area contributed by atoms with Crippen LogP contribution in [0.2, 0.25) is 0 Å². The molecule has 1 saturated carbocycles. The summed E-state index contributed by atoms with van der Waals surface area (Å²) in [5.41, 5.74) is 5.78. The number of nitrogens with two attached hydrogens (primary N) is 1. The SMILES string of the molecule is CC1(C)C2CN(C(=O)[C@@H](NC(=O)C(F)(F)F)C(C)(C)C)C(C(=O)N[C@@H](CC3C(=C=O)Nc4ccccc43)C(N)=C=O)C21. The number of amides is 3. The van der Waals surface area contributed by atoms with Gasteiger partial charge in [-0.3, -0.25) is 14.4 Å². The maximum Gasteiger partial charge on any atom is 0.471 e. The van der Waals surface area contributed by atoms with Crippen LogP contribution in [0.25, 0.3) is 0 Å². The van der Waals surface area contributed by atoms with Gasteiger partial charge in [0.15, 0.2) is 0 Å². The summed E-state index contributed by atoms with van der Waals surface area (Å²) in [6.07, 6.45) is -5.20. The molecule has 2 aliphatic heterocycles. The Labute approximate surface area is 240 Å². The Bertz CT molecular complexity index is 1400. The summed E-state index contributed by atoms with van der Waals surface area (Å²) >= 11 is 0. The molecular weight excluding hydrogens is 555 g/mol. The van der Waals surface area contributed by atoms with Crippen LogP contribution in [0.5, 0.6) is 0 Å². The predicted octanol–water partition coefficient (Wildman–Crippen LogP) is 2.04. The molecule has 10 nitrogen and oxygen atoms in total. The number of nitrogens with zero attached hydrogens (tertiary/aromatic N) is 1. The van der Waals surface area contributed by atoms with Gasteiger partial charge in [0.1, 0.15) is 35.4 Å². The number of nitrogens with one attached hydrogen (secondary N) is 3. The lowest BCUT2D eigenvalue weighted by Gasteiger charge is -2.38. The first-order valence-electron chi connectivity index (χ1n) is 13.5. The van der Waals surface area contributed by atoms with E-state index in [1.807, 2.05) is 25.1 Å². The highest BCUT2D eigenvalue weighted by Gasteiger charge is 2.70. The summed E-state index contributed by atoms with van der Waals surface area (Å²) in [6.45, 7) is 8.50. The van der Waals surface area contributed by atoms with Crippen LogP contribution in [0.1, 0.15) is 52.5 Å². The van der Waals surface area contributed by atoms with E-state index in [4.69, 9.17) is 5.73 Å². The van der Waals surface area contributed by atoms with Crippen molar-refractivity contribution < 1.29 is 37.1 Å². The minimum Gasteiger partial charge on any atom is -0.391 e. The Kier molecular flexibility index (Phi) is 7.82. The number of piperidine rings is 1. The molecule has 1 saturated heterocycles. The predicted molar refractivity (Wildman–Crippen MR) is 146 cm³/mol. The number of rotatable bonds is 7. The first-order chi connectivity index (χ1) is 19.4. The maximum absolute atomic E-state index is 13.9. The van der Waals surface area contributed by atoms with E-state index in [2.05, 4.69) is 10.6 Å². The van der Waals surface area contributed by atoms with Gasteiger partial charge in [-0.2, -0.15) is 13.2 Å². The van der Waals surface area contributed by atoms with Crippen molar-refractivity contribution >= 4 is 35.3 Å². The fraction of sp³-hybridized carbons (Fsp3) is 0.552. The number of benzene rings is 1. The summed E-state index contributed by atoms with van der Waals surface area (Å²) in [5, 5.41) is 7.52. The van der Waals surface area contributed by atoms with Crippen LogP contribution in [0.15, 0.2) is 35.7 Å².